The van der Waals surface area contributed by atoms with Crippen molar-refractivity contribution in [1.82, 2.24) is 0 Å². The number of rotatable bonds is 3. The zero-order valence-electron chi connectivity index (χ0n) is 7.16. The van der Waals surface area contributed by atoms with Crippen LogP contribution in [0.2, 0.25) is 0 Å². The summed E-state index contributed by atoms with van der Waals surface area (Å²) in [6, 6.07) is 0. The van der Waals surface area contributed by atoms with E-state index in [0.29, 0.717) is 0 Å². The van der Waals surface area contributed by atoms with Crippen molar-refractivity contribution in [3.63, 3.8) is 0 Å². The Hall–Kier alpha value is -1.26. The molecule has 0 radical (unpaired) electrons. The lowest BCUT2D eigenvalue weighted by Gasteiger charge is -2.01. The predicted molar refractivity (Wildman–Crippen MR) is 39.1 cm³/mol. The van der Waals surface area contributed by atoms with Gasteiger partial charge in [-0.15, -0.1) is 0 Å². The third kappa shape index (κ3) is 6.85. The predicted octanol–water partition coefficient (Wildman–Crippen LogP) is 1.42. The Morgan fingerprint density at radius 1 is 1.25 bits per heavy atom. The summed E-state index contributed by atoms with van der Waals surface area (Å²) in [4.78, 5) is 28.5. The number of carbonyl (C=O) groups excluding carboxylic acids is 2. The highest BCUT2D eigenvalue weighted by Gasteiger charge is 2.05. The van der Waals surface area contributed by atoms with E-state index in [0.717, 1.165) is 19.8 Å². The third-order valence-corrected chi connectivity index (χ3v) is 0.945. The van der Waals surface area contributed by atoms with Crippen LogP contribution in [0, 0.1) is 0 Å². The zero-order valence-corrected chi connectivity index (χ0v) is 7.16. The van der Waals surface area contributed by atoms with Crippen molar-refractivity contribution < 1.29 is 24.1 Å². The van der Waals surface area contributed by atoms with Gasteiger partial charge in [0, 0.05) is 6.92 Å². The van der Waals surface area contributed by atoms with Crippen molar-refractivity contribution in [2.24, 2.45) is 0 Å². The van der Waals surface area contributed by atoms with Gasteiger partial charge in [0.2, 0.25) is 0 Å². The average Bonchev–Trinajstić information content (AvgIpc) is 2.01. The Balaban J connectivity index is 3.28. The molecule has 0 unspecified atom stereocenters. The molecule has 0 fully saturated rings. The maximum absolute atomic E-state index is 10.5. The standard InChI is InChI=1S/C7H12O5/c1-3-4-5-10-7(9)12-11-6(2)8/h3-5H2,1-2H3. The average molecular weight is 176 g/mol. The summed E-state index contributed by atoms with van der Waals surface area (Å²) < 4.78 is 4.49. The van der Waals surface area contributed by atoms with E-state index >= 15 is 0 Å². The highest BCUT2D eigenvalue weighted by atomic mass is 17.2. The van der Waals surface area contributed by atoms with E-state index in [4.69, 9.17) is 0 Å². The van der Waals surface area contributed by atoms with Crippen LogP contribution in [0.15, 0.2) is 0 Å². The Bertz CT molecular complexity index is 154. The minimum Gasteiger partial charge on any atom is -0.432 e. The van der Waals surface area contributed by atoms with Crippen LogP contribution in [-0.2, 0) is 19.3 Å². The summed E-state index contributed by atoms with van der Waals surface area (Å²) in [5, 5.41) is 0. The molecule has 12 heavy (non-hydrogen) atoms. The molecule has 0 N–H and O–H groups in total. The third-order valence-electron chi connectivity index (χ3n) is 0.945. The van der Waals surface area contributed by atoms with Crippen molar-refractivity contribution in [3.8, 4) is 0 Å². The molecule has 0 amide bonds. The summed E-state index contributed by atoms with van der Waals surface area (Å²) in [6.07, 6.45) is 0.689. The molecule has 5 nitrogen and oxygen atoms in total. The van der Waals surface area contributed by atoms with Gasteiger partial charge in [-0.25, -0.2) is 14.6 Å². The van der Waals surface area contributed by atoms with Crippen LogP contribution in [0.1, 0.15) is 26.7 Å². The first-order valence-electron chi connectivity index (χ1n) is 3.68. The topological polar surface area (TPSA) is 61.8 Å². The zero-order chi connectivity index (χ0) is 9.40. The summed E-state index contributed by atoms with van der Waals surface area (Å²) in [6.45, 7) is 3.36. The van der Waals surface area contributed by atoms with E-state index in [1.54, 1.807) is 0 Å². The first-order valence-corrected chi connectivity index (χ1v) is 3.68. The monoisotopic (exact) mass is 176 g/mol. The van der Waals surface area contributed by atoms with Gasteiger partial charge in [-0.1, -0.05) is 13.3 Å². The van der Waals surface area contributed by atoms with Gasteiger partial charge in [-0.05, 0) is 6.42 Å². The minimum absolute atomic E-state index is 0.274. The van der Waals surface area contributed by atoms with Crippen LogP contribution in [0.5, 0.6) is 0 Å². The molecule has 0 heterocycles. The fourth-order valence-electron chi connectivity index (χ4n) is 0.417. The van der Waals surface area contributed by atoms with Gasteiger partial charge >= 0.3 is 12.1 Å². The quantitative estimate of drug-likeness (QED) is 0.281. The highest BCUT2D eigenvalue weighted by Crippen LogP contribution is 1.92. The lowest BCUT2D eigenvalue weighted by atomic mass is 10.4. The van der Waals surface area contributed by atoms with E-state index in [-0.39, 0.29) is 6.61 Å². The molecule has 70 valence electrons. The van der Waals surface area contributed by atoms with Crippen molar-refractivity contribution in [3.05, 3.63) is 0 Å². The molecular formula is C7H12O5. The van der Waals surface area contributed by atoms with Gasteiger partial charge in [0.25, 0.3) is 0 Å². The van der Waals surface area contributed by atoms with Crippen molar-refractivity contribution in [2.45, 2.75) is 26.7 Å². The Morgan fingerprint density at radius 3 is 2.42 bits per heavy atom. The van der Waals surface area contributed by atoms with Gasteiger partial charge in [-0.2, -0.15) is 4.79 Å². The molecule has 0 saturated heterocycles. The first-order chi connectivity index (χ1) is 5.66. The van der Waals surface area contributed by atoms with E-state index in [2.05, 4.69) is 14.5 Å². The van der Waals surface area contributed by atoms with Gasteiger partial charge < -0.3 is 4.74 Å². The normalized spacial score (nSPS) is 8.83. The Kier molecular flexibility index (Phi) is 5.77. The number of hydrogen-bond donors (Lipinski definition) is 0. The molecule has 0 aromatic carbocycles. The van der Waals surface area contributed by atoms with E-state index in [1.807, 2.05) is 6.92 Å². The van der Waals surface area contributed by atoms with Gasteiger partial charge in [0.1, 0.15) is 0 Å². The van der Waals surface area contributed by atoms with Crippen molar-refractivity contribution in [2.75, 3.05) is 6.61 Å². The number of hydrogen-bond acceptors (Lipinski definition) is 5. The van der Waals surface area contributed by atoms with Crippen LogP contribution in [-0.4, -0.2) is 18.7 Å². The summed E-state index contributed by atoms with van der Waals surface area (Å²) >= 11 is 0. The Morgan fingerprint density at radius 2 is 1.92 bits per heavy atom. The smallest absolute Gasteiger partial charge is 0.432 e. The van der Waals surface area contributed by atoms with Crippen LogP contribution >= 0.6 is 0 Å². The fraction of sp³-hybridized carbons (Fsp3) is 0.714. The number of ether oxygens (including phenoxy) is 1. The molecule has 0 rings (SSSR count). The molecule has 0 bridgehead atoms. The summed E-state index contributed by atoms with van der Waals surface area (Å²) in [5.41, 5.74) is 0. The number of unbranched alkanes of at least 4 members (excludes halogenated alkanes) is 1. The van der Waals surface area contributed by atoms with Crippen LogP contribution in [0.3, 0.4) is 0 Å². The fourth-order valence-corrected chi connectivity index (χ4v) is 0.417. The molecule has 0 aliphatic heterocycles. The molecular weight excluding hydrogens is 164 g/mol. The second-order valence-corrected chi connectivity index (χ2v) is 2.11. The number of carbonyl (C=O) groups is 2. The molecule has 0 aliphatic rings. The molecule has 0 atom stereocenters. The maximum atomic E-state index is 10.5. The maximum Gasteiger partial charge on any atom is 0.549 e. The molecule has 0 saturated carbocycles. The van der Waals surface area contributed by atoms with E-state index < -0.39 is 12.1 Å². The Labute approximate surface area is 70.5 Å². The largest absolute Gasteiger partial charge is 0.549 e. The van der Waals surface area contributed by atoms with Crippen LogP contribution in [0.25, 0.3) is 0 Å². The lowest BCUT2D eigenvalue weighted by molar-refractivity contribution is -0.241. The SMILES string of the molecule is CCCCOC(=O)OOC(C)=O. The van der Waals surface area contributed by atoms with Crippen LogP contribution < -0.4 is 0 Å². The van der Waals surface area contributed by atoms with Crippen molar-refractivity contribution in [1.29, 1.82) is 0 Å². The summed E-state index contributed by atoms with van der Waals surface area (Å²) in [7, 11) is 0. The molecule has 5 heteroatoms. The minimum atomic E-state index is -0.987. The van der Waals surface area contributed by atoms with Gasteiger partial charge in [0.05, 0.1) is 6.61 Å². The highest BCUT2D eigenvalue weighted by molar-refractivity contribution is 5.67. The van der Waals surface area contributed by atoms with E-state index in [1.165, 1.54) is 0 Å². The molecule has 0 aliphatic carbocycles. The van der Waals surface area contributed by atoms with Gasteiger partial charge in [0.15, 0.2) is 0 Å². The molecule has 0 aromatic rings. The lowest BCUT2D eigenvalue weighted by Crippen LogP contribution is -2.11. The second-order valence-electron chi connectivity index (χ2n) is 2.11. The molecule has 0 aromatic heterocycles. The summed E-state index contributed by atoms with van der Waals surface area (Å²) in [5.74, 6) is -0.692. The second kappa shape index (κ2) is 6.45. The molecule has 0 spiro atoms. The van der Waals surface area contributed by atoms with Crippen molar-refractivity contribution >= 4 is 12.1 Å². The van der Waals surface area contributed by atoms with Gasteiger partial charge in [-0.3, -0.25) is 0 Å². The van der Waals surface area contributed by atoms with Crippen LogP contribution in [0.4, 0.5) is 4.79 Å². The first kappa shape index (κ1) is 10.7. The van der Waals surface area contributed by atoms with E-state index in [9.17, 15) is 9.59 Å².